The molecule has 1 amide bonds. The van der Waals surface area contributed by atoms with Crippen LogP contribution in [0.4, 0.5) is 0 Å². The molecule has 1 aliphatic rings. The van der Waals surface area contributed by atoms with Gasteiger partial charge in [0.2, 0.25) is 0 Å². The lowest BCUT2D eigenvalue weighted by Crippen LogP contribution is -2.42. The van der Waals surface area contributed by atoms with Gasteiger partial charge in [-0.05, 0) is 49.2 Å². The fourth-order valence-electron chi connectivity index (χ4n) is 2.69. The first-order valence-electron chi connectivity index (χ1n) is 7.41. The highest BCUT2D eigenvalue weighted by Crippen LogP contribution is 2.21. The molecule has 0 bridgehead atoms. The van der Waals surface area contributed by atoms with Gasteiger partial charge in [0.25, 0.3) is 5.91 Å². The molecule has 2 aromatic rings. The Labute approximate surface area is 134 Å². The number of hydrogen-bond donors (Lipinski definition) is 0. The number of ether oxygens (including phenoxy) is 1. The maximum absolute atomic E-state index is 12.9. The van der Waals surface area contributed by atoms with Crippen LogP contribution in [0.25, 0.3) is 0 Å². The van der Waals surface area contributed by atoms with Crippen molar-refractivity contribution in [1.82, 2.24) is 4.90 Å². The average Bonchev–Trinajstić information content (AvgIpc) is 3.07. The van der Waals surface area contributed by atoms with E-state index in [2.05, 4.69) is 0 Å². The van der Waals surface area contributed by atoms with Gasteiger partial charge in [-0.25, -0.2) is 0 Å². The smallest absolute Gasteiger partial charge is 0.254 e. The molecule has 0 aliphatic carbocycles. The molecular formula is C17H18ClNO3. The Morgan fingerprint density at radius 2 is 1.91 bits per heavy atom. The molecule has 2 heterocycles. The van der Waals surface area contributed by atoms with E-state index in [4.69, 9.17) is 20.8 Å². The van der Waals surface area contributed by atoms with Gasteiger partial charge in [-0.2, -0.15) is 0 Å². The van der Waals surface area contributed by atoms with E-state index < -0.39 is 0 Å². The highest BCUT2D eigenvalue weighted by molar-refractivity contribution is 6.30. The zero-order chi connectivity index (χ0) is 15.4. The minimum atomic E-state index is -0.0000309. The number of hydrogen-bond acceptors (Lipinski definition) is 3. The predicted molar refractivity (Wildman–Crippen MR) is 83.9 cm³/mol. The number of carbonyl (C=O) groups is 1. The van der Waals surface area contributed by atoms with Gasteiger partial charge in [0.1, 0.15) is 5.76 Å². The minimum absolute atomic E-state index is 0.0000309. The van der Waals surface area contributed by atoms with Crippen LogP contribution in [0.2, 0.25) is 5.02 Å². The van der Waals surface area contributed by atoms with E-state index in [1.807, 2.05) is 17.0 Å². The second kappa shape index (κ2) is 6.99. The van der Waals surface area contributed by atoms with Crippen LogP contribution in [0.1, 0.15) is 29.0 Å². The Morgan fingerprint density at radius 1 is 1.18 bits per heavy atom. The van der Waals surface area contributed by atoms with Crippen LogP contribution in [-0.4, -0.2) is 30.1 Å². The van der Waals surface area contributed by atoms with E-state index in [1.165, 1.54) is 0 Å². The standard InChI is InChI=1S/C17H18ClNO3/c18-14-5-3-13(4-6-14)17(20)19(12-16-2-1-9-22-16)15-7-10-21-11-8-15/h1-6,9,15H,7-8,10-12H2. The highest BCUT2D eigenvalue weighted by Gasteiger charge is 2.27. The van der Waals surface area contributed by atoms with Crippen LogP contribution in [0, 0.1) is 0 Å². The molecule has 1 aliphatic heterocycles. The van der Waals surface area contributed by atoms with Crippen LogP contribution in [0.15, 0.2) is 47.1 Å². The summed E-state index contributed by atoms with van der Waals surface area (Å²) in [5.74, 6) is 0.786. The summed E-state index contributed by atoms with van der Waals surface area (Å²) in [5, 5.41) is 0.625. The first kappa shape index (κ1) is 15.1. The van der Waals surface area contributed by atoms with E-state index >= 15 is 0 Å². The number of furan rings is 1. The fraction of sp³-hybridized carbons (Fsp3) is 0.353. The van der Waals surface area contributed by atoms with Gasteiger partial charge in [-0.1, -0.05) is 11.6 Å². The van der Waals surface area contributed by atoms with Crippen molar-refractivity contribution in [1.29, 1.82) is 0 Å². The molecule has 4 nitrogen and oxygen atoms in total. The number of halogens is 1. The van der Waals surface area contributed by atoms with Crippen molar-refractivity contribution in [3.63, 3.8) is 0 Å². The molecule has 5 heteroatoms. The number of carbonyl (C=O) groups excluding carboxylic acids is 1. The van der Waals surface area contributed by atoms with Crippen LogP contribution in [0.3, 0.4) is 0 Å². The van der Waals surface area contributed by atoms with E-state index in [9.17, 15) is 4.79 Å². The molecule has 0 N–H and O–H groups in total. The van der Waals surface area contributed by atoms with Gasteiger partial charge in [-0.15, -0.1) is 0 Å². The van der Waals surface area contributed by atoms with Gasteiger partial charge < -0.3 is 14.1 Å². The Morgan fingerprint density at radius 3 is 2.55 bits per heavy atom. The lowest BCUT2D eigenvalue weighted by Gasteiger charge is -2.34. The van der Waals surface area contributed by atoms with E-state index in [0.717, 1.165) is 18.6 Å². The Hall–Kier alpha value is -1.78. The Balaban J connectivity index is 1.82. The second-order valence-electron chi connectivity index (χ2n) is 5.36. The number of nitrogens with zero attached hydrogens (tertiary/aromatic N) is 1. The normalized spacial score (nSPS) is 15.7. The van der Waals surface area contributed by atoms with Crippen molar-refractivity contribution in [3.8, 4) is 0 Å². The van der Waals surface area contributed by atoms with Crippen LogP contribution in [-0.2, 0) is 11.3 Å². The maximum Gasteiger partial charge on any atom is 0.254 e. The van der Waals surface area contributed by atoms with Crippen molar-refractivity contribution in [3.05, 3.63) is 59.0 Å². The summed E-state index contributed by atoms with van der Waals surface area (Å²) in [4.78, 5) is 14.8. The van der Waals surface area contributed by atoms with Gasteiger partial charge in [0.15, 0.2) is 0 Å². The lowest BCUT2D eigenvalue weighted by molar-refractivity contribution is 0.0250. The van der Waals surface area contributed by atoms with Crippen LogP contribution >= 0.6 is 11.6 Å². The third kappa shape index (κ3) is 3.51. The molecule has 1 fully saturated rings. The van der Waals surface area contributed by atoms with E-state index in [0.29, 0.717) is 30.3 Å². The van der Waals surface area contributed by atoms with Crippen molar-refractivity contribution >= 4 is 17.5 Å². The average molecular weight is 320 g/mol. The Kier molecular flexibility index (Phi) is 4.80. The largest absolute Gasteiger partial charge is 0.467 e. The maximum atomic E-state index is 12.9. The first-order valence-corrected chi connectivity index (χ1v) is 7.78. The van der Waals surface area contributed by atoms with Crippen LogP contribution < -0.4 is 0 Å². The van der Waals surface area contributed by atoms with Crippen molar-refractivity contribution < 1.29 is 13.9 Å². The molecule has 0 saturated carbocycles. The molecular weight excluding hydrogens is 302 g/mol. The topological polar surface area (TPSA) is 42.7 Å². The van der Waals surface area contributed by atoms with E-state index in [1.54, 1.807) is 30.5 Å². The minimum Gasteiger partial charge on any atom is -0.467 e. The van der Waals surface area contributed by atoms with Gasteiger partial charge in [-0.3, -0.25) is 4.79 Å². The summed E-state index contributed by atoms with van der Waals surface area (Å²) in [6, 6.07) is 10.9. The van der Waals surface area contributed by atoms with Gasteiger partial charge >= 0.3 is 0 Å². The summed E-state index contributed by atoms with van der Waals surface area (Å²) in [5.41, 5.74) is 0.641. The van der Waals surface area contributed by atoms with Gasteiger partial charge in [0.05, 0.1) is 12.8 Å². The molecule has 1 aromatic heterocycles. The molecule has 0 unspecified atom stereocenters. The van der Waals surface area contributed by atoms with Crippen molar-refractivity contribution in [2.24, 2.45) is 0 Å². The molecule has 3 rings (SSSR count). The Bertz CT molecular complexity index is 603. The lowest BCUT2D eigenvalue weighted by atomic mass is 10.0. The van der Waals surface area contributed by atoms with Gasteiger partial charge in [0, 0.05) is 29.8 Å². The van der Waals surface area contributed by atoms with E-state index in [-0.39, 0.29) is 11.9 Å². The zero-order valence-corrected chi connectivity index (χ0v) is 13.0. The number of amides is 1. The van der Waals surface area contributed by atoms with Crippen LogP contribution in [0.5, 0.6) is 0 Å². The molecule has 0 radical (unpaired) electrons. The molecule has 1 saturated heterocycles. The fourth-order valence-corrected chi connectivity index (χ4v) is 2.82. The summed E-state index contributed by atoms with van der Waals surface area (Å²) < 4.78 is 10.8. The number of rotatable bonds is 4. The summed E-state index contributed by atoms with van der Waals surface area (Å²) in [6.07, 6.45) is 3.32. The third-order valence-corrected chi connectivity index (χ3v) is 4.14. The third-order valence-electron chi connectivity index (χ3n) is 3.89. The summed E-state index contributed by atoms with van der Waals surface area (Å²) >= 11 is 5.90. The molecule has 0 atom stereocenters. The monoisotopic (exact) mass is 319 g/mol. The van der Waals surface area contributed by atoms with Crippen molar-refractivity contribution in [2.45, 2.75) is 25.4 Å². The SMILES string of the molecule is O=C(c1ccc(Cl)cc1)N(Cc1ccco1)C1CCOCC1. The summed E-state index contributed by atoms with van der Waals surface area (Å²) in [6.45, 7) is 1.85. The predicted octanol–water partition coefficient (Wildman–Crippen LogP) is 3.75. The highest BCUT2D eigenvalue weighted by atomic mass is 35.5. The summed E-state index contributed by atoms with van der Waals surface area (Å²) in [7, 11) is 0. The quantitative estimate of drug-likeness (QED) is 0.862. The zero-order valence-electron chi connectivity index (χ0n) is 12.2. The number of benzene rings is 1. The molecule has 22 heavy (non-hydrogen) atoms. The second-order valence-corrected chi connectivity index (χ2v) is 5.80. The molecule has 116 valence electrons. The molecule has 0 spiro atoms. The first-order chi connectivity index (χ1) is 10.7. The van der Waals surface area contributed by atoms with Crippen molar-refractivity contribution in [2.75, 3.05) is 13.2 Å². The molecule has 1 aromatic carbocycles.